The molecule has 27 heavy (non-hydrogen) atoms. The maximum absolute atomic E-state index is 12.7. The Bertz CT molecular complexity index is 866. The zero-order chi connectivity index (χ0) is 19.6. The second-order valence-electron chi connectivity index (χ2n) is 6.21. The summed E-state index contributed by atoms with van der Waals surface area (Å²) in [5, 5.41) is 2.79. The number of rotatable bonds is 3. The van der Waals surface area contributed by atoms with Gasteiger partial charge in [0.05, 0.1) is 11.3 Å². The second-order valence-corrected chi connectivity index (χ2v) is 7.35. The van der Waals surface area contributed by atoms with E-state index in [2.05, 4.69) is 5.32 Å². The van der Waals surface area contributed by atoms with Crippen LogP contribution in [0.25, 0.3) is 0 Å². The van der Waals surface area contributed by atoms with Gasteiger partial charge in [0.2, 0.25) is 5.91 Å². The Kier molecular flexibility index (Phi) is 5.46. The van der Waals surface area contributed by atoms with Crippen LogP contribution >= 0.6 is 11.8 Å². The third-order valence-electron chi connectivity index (χ3n) is 4.13. The molecule has 0 fully saturated rings. The summed E-state index contributed by atoms with van der Waals surface area (Å²) in [6.07, 6.45) is -3.97. The molecule has 3 rings (SSSR count). The minimum absolute atomic E-state index is 0.0936. The first-order valence-electron chi connectivity index (χ1n) is 8.22. The molecule has 2 aromatic rings. The monoisotopic (exact) mass is 394 g/mol. The number of amides is 2. The van der Waals surface area contributed by atoms with E-state index >= 15 is 0 Å². The molecule has 142 valence electrons. The minimum atomic E-state index is -4.38. The van der Waals surface area contributed by atoms with Gasteiger partial charge in [0.1, 0.15) is 0 Å². The van der Waals surface area contributed by atoms with Crippen molar-refractivity contribution in [2.75, 3.05) is 18.1 Å². The first-order valence-corrected chi connectivity index (χ1v) is 9.21. The second kappa shape index (κ2) is 7.64. The van der Waals surface area contributed by atoms with Crippen LogP contribution in [0.15, 0.2) is 47.4 Å². The quantitative estimate of drug-likeness (QED) is 0.839. The summed E-state index contributed by atoms with van der Waals surface area (Å²) < 4.78 is 37.9. The van der Waals surface area contributed by atoms with Crippen LogP contribution in [0.5, 0.6) is 0 Å². The number of hydrogen-bond donors (Lipinski definition) is 1. The molecule has 0 bridgehead atoms. The van der Waals surface area contributed by atoms with Crippen LogP contribution in [0.1, 0.15) is 27.9 Å². The zero-order valence-corrected chi connectivity index (χ0v) is 15.3. The molecule has 2 aromatic carbocycles. The number of carbonyl (C=O) groups excluding carboxylic acids is 2. The molecule has 8 heteroatoms. The fourth-order valence-corrected chi connectivity index (χ4v) is 3.66. The maximum Gasteiger partial charge on any atom is 0.416 e. The molecule has 1 aliphatic heterocycles. The van der Waals surface area contributed by atoms with Crippen LogP contribution in [-0.2, 0) is 17.5 Å². The lowest BCUT2D eigenvalue weighted by Gasteiger charge is -2.19. The molecule has 4 nitrogen and oxygen atoms in total. The van der Waals surface area contributed by atoms with E-state index in [1.54, 1.807) is 37.0 Å². The van der Waals surface area contributed by atoms with Gasteiger partial charge in [-0.15, -0.1) is 11.8 Å². The number of nitrogens with one attached hydrogen (secondary N) is 1. The molecule has 1 heterocycles. The molecule has 0 unspecified atom stereocenters. The van der Waals surface area contributed by atoms with Crippen molar-refractivity contribution in [2.45, 2.75) is 24.0 Å². The van der Waals surface area contributed by atoms with Crippen molar-refractivity contribution in [1.82, 2.24) is 4.90 Å². The molecule has 0 spiro atoms. The zero-order valence-electron chi connectivity index (χ0n) is 14.5. The number of nitrogens with zero attached hydrogens (tertiary/aromatic N) is 1. The third kappa shape index (κ3) is 4.63. The summed E-state index contributed by atoms with van der Waals surface area (Å²) in [6.45, 7) is 0.176. The third-order valence-corrected chi connectivity index (χ3v) is 5.21. The fraction of sp³-hybridized carbons (Fsp3) is 0.263. The molecule has 0 radical (unpaired) electrons. The van der Waals surface area contributed by atoms with Crippen molar-refractivity contribution >= 4 is 29.3 Å². The number of halogens is 3. The SMILES string of the molecule is CN(Cc1ccc(C(F)(F)F)cc1)C(=O)c1ccc2c(c1)NC(=O)CCS2. The van der Waals surface area contributed by atoms with Gasteiger partial charge >= 0.3 is 6.18 Å². The topological polar surface area (TPSA) is 49.4 Å². The lowest BCUT2D eigenvalue weighted by Crippen LogP contribution is -2.26. The van der Waals surface area contributed by atoms with Gasteiger partial charge in [0, 0.05) is 36.2 Å². The highest BCUT2D eigenvalue weighted by Gasteiger charge is 2.30. The predicted molar refractivity (Wildman–Crippen MR) is 97.7 cm³/mol. The average molecular weight is 394 g/mol. The van der Waals surface area contributed by atoms with Gasteiger partial charge in [-0.3, -0.25) is 9.59 Å². The lowest BCUT2D eigenvalue weighted by molar-refractivity contribution is -0.137. The molecule has 1 aliphatic rings. The van der Waals surface area contributed by atoms with Gasteiger partial charge in [-0.25, -0.2) is 0 Å². The van der Waals surface area contributed by atoms with Crippen LogP contribution < -0.4 is 5.32 Å². The first-order chi connectivity index (χ1) is 12.7. The van der Waals surface area contributed by atoms with Gasteiger partial charge in [-0.1, -0.05) is 12.1 Å². The summed E-state index contributed by atoms with van der Waals surface area (Å²) in [6, 6.07) is 9.85. The van der Waals surface area contributed by atoms with Crippen LogP contribution in [0.3, 0.4) is 0 Å². The highest BCUT2D eigenvalue weighted by Crippen LogP contribution is 2.32. The summed E-state index contributed by atoms with van der Waals surface area (Å²) >= 11 is 1.55. The molecule has 1 N–H and O–H groups in total. The lowest BCUT2D eigenvalue weighted by atomic mass is 10.1. The summed E-state index contributed by atoms with van der Waals surface area (Å²) in [5.41, 5.74) is 0.888. The average Bonchev–Trinajstić information content (AvgIpc) is 2.80. The Hall–Kier alpha value is -2.48. The van der Waals surface area contributed by atoms with Gasteiger partial charge in [0.15, 0.2) is 0 Å². The van der Waals surface area contributed by atoms with Gasteiger partial charge in [0.25, 0.3) is 5.91 Å². The number of fused-ring (bicyclic) bond motifs is 1. The van der Waals surface area contributed by atoms with Crippen LogP contribution in [0.2, 0.25) is 0 Å². The molecular weight excluding hydrogens is 377 g/mol. The Morgan fingerprint density at radius 1 is 1.19 bits per heavy atom. The number of anilines is 1. The smallest absolute Gasteiger partial charge is 0.337 e. The normalized spacial score (nSPS) is 14.1. The maximum atomic E-state index is 12.7. The van der Waals surface area contributed by atoms with Crippen molar-refractivity contribution in [3.63, 3.8) is 0 Å². The Morgan fingerprint density at radius 2 is 1.89 bits per heavy atom. The van der Waals surface area contributed by atoms with Crippen LogP contribution in [-0.4, -0.2) is 29.5 Å². The molecule has 0 saturated heterocycles. The van der Waals surface area contributed by atoms with Gasteiger partial charge in [-0.05, 0) is 35.9 Å². The minimum Gasteiger partial charge on any atom is -0.337 e. The van der Waals surface area contributed by atoms with E-state index in [1.165, 1.54) is 17.0 Å². The molecule has 0 saturated carbocycles. The first kappa shape index (κ1) is 19.3. The van der Waals surface area contributed by atoms with Crippen molar-refractivity contribution in [2.24, 2.45) is 0 Å². The molecular formula is C19H17F3N2O2S. The van der Waals surface area contributed by atoms with E-state index in [0.717, 1.165) is 17.0 Å². The Morgan fingerprint density at radius 3 is 2.56 bits per heavy atom. The highest BCUT2D eigenvalue weighted by atomic mass is 32.2. The number of hydrogen-bond acceptors (Lipinski definition) is 3. The van der Waals surface area contributed by atoms with E-state index in [-0.39, 0.29) is 18.4 Å². The summed E-state index contributed by atoms with van der Waals surface area (Å²) in [4.78, 5) is 26.7. The number of alkyl halides is 3. The van der Waals surface area contributed by atoms with E-state index in [0.29, 0.717) is 29.0 Å². The Labute approximate surface area is 158 Å². The number of thioether (sulfide) groups is 1. The van der Waals surface area contributed by atoms with Crippen molar-refractivity contribution in [1.29, 1.82) is 0 Å². The summed E-state index contributed by atoms with van der Waals surface area (Å²) in [5.74, 6) is 0.310. The molecule has 0 aliphatic carbocycles. The largest absolute Gasteiger partial charge is 0.416 e. The number of carbonyl (C=O) groups is 2. The Balaban J connectivity index is 1.73. The summed E-state index contributed by atoms with van der Waals surface area (Å²) in [7, 11) is 1.58. The standard InChI is InChI=1S/C19H17F3N2O2S/c1-24(11-12-2-5-14(6-3-12)19(20,21)22)18(26)13-4-7-16-15(10-13)23-17(25)8-9-27-16/h2-7,10H,8-9,11H2,1H3,(H,23,25). The van der Waals surface area contributed by atoms with Crippen LogP contribution in [0, 0.1) is 0 Å². The highest BCUT2D eigenvalue weighted by molar-refractivity contribution is 7.99. The molecule has 0 atom stereocenters. The fourth-order valence-electron chi connectivity index (χ4n) is 2.72. The van der Waals surface area contributed by atoms with Gasteiger partial charge in [-0.2, -0.15) is 13.2 Å². The van der Waals surface area contributed by atoms with E-state index in [9.17, 15) is 22.8 Å². The van der Waals surface area contributed by atoms with E-state index in [4.69, 9.17) is 0 Å². The van der Waals surface area contributed by atoms with Crippen molar-refractivity contribution < 1.29 is 22.8 Å². The van der Waals surface area contributed by atoms with E-state index < -0.39 is 11.7 Å². The van der Waals surface area contributed by atoms with Gasteiger partial charge < -0.3 is 10.2 Å². The van der Waals surface area contributed by atoms with E-state index in [1.807, 2.05) is 0 Å². The molecule has 2 amide bonds. The predicted octanol–water partition coefficient (Wildman–Crippen LogP) is 4.41. The van der Waals surface area contributed by atoms with Crippen LogP contribution in [0.4, 0.5) is 18.9 Å². The number of benzene rings is 2. The van der Waals surface area contributed by atoms with Crippen molar-refractivity contribution in [3.05, 3.63) is 59.2 Å². The van der Waals surface area contributed by atoms with Crippen molar-refractivity contribution in [3.8, 4) is 0 Å². The molecule has 0 aromatic heterocycles.